The zero-order chi connectivity index (χ0) is 20.0. The molecule has 27 heavy (non-hydrogen) atoms. The third-order valence-electron chi connectivity index (χ3n) is 3.95. The first kappa shape index (κ1) is 20.5. The van der Waals surface area contributed by atoms with E-state index in [9.17, 15) is 9.59 Å². The molecule has 0 aliphatic carbocycles. The van der Waals surface area contributed by atoms with Crippen LogP contribution < -0.4 is 5.32 Å². The molecule has 2 rings (SSSR count). The van der Waals surface area contributed by atoms with Gasteiger partial charge in [0.1, 0.15) is 16.8 Å². The lowest BCUT2D eigenvalue weighted by Crippen LogP contribution is -2.30. The second-order valence-electron chi connectivity index (χ2n) is 6.02. The number of halogens is 1. The number of carbonyl (C=O) groups excluding carboxylic acids is 2. The fraction of sp³-hybridized carbons (Fsp3) is 0.368. The predicted octanol–water partition coefficient (Wildman–Crippen LogP) is 3.70. The highest BCUT2D eigenvalue weighted by atomic mass is 35.5. The topological polar surface area (TPSA) is 97.0 Å². The number of unbranched alkanes of at least 4 members (excludes halogenated alkanes) is 1. The van der Waals surface area contributed by atoms with Crippen LogP contribution in [0.25, 0.3) is 0 Å². The molecule has 2 aromatic rings. The Kier molecular flexibility index (Phi) is 6.97. The highest BCUT2D eigenvalue weighted by Crippen LogP contribution is 2.22. The Hall–Kier alpha value is -2.85. The summed E-state index contributed by atoms with van der Waals surface area (Å²) < 4.78 is 6.81. The highest BCUT2D eigenvalue weighted by molar-refractivity contribution is 6.32. The van der Waals surface area contributed by atoms with Crippen molar-refractivity contribution in [2.45, 2.75) is 46.3 Å². The summed E-state index contributed by atoms with van der Waals surface area (Å²) in [5.41, 5.74) is 1.28. The van der Waals surface area contributed by atoms with Crippen LogP contribution in [0.5, 0.6) is 0 Å². The molecule has 1 amide bonds. The van der Waals surface area contributed by atoms with Crippen LogP contribution in [-0.2, 0) is 16.1 Å². The first-order valence-corrected chi connectivity index (χ1v) is 9.00. The Labute approximate surface area is 162 Å². The number of nitriles is 1. The van der Waals surface area contributed by atoms with Crippen LogP contribution in [-0.4, -0.2) is 27.8 Å². The summed E-state index contributed by atoms with van der Waals surface area (Å²) in [4.78, 5) is 24.8. The third kappa shape index (κ3) is 4.86. The van der Waals surface area contributed by atoms with Crippen molar-refractivity contribution in [1.82, 2.24) is 9.78 Å². The number of nitrogens with zero attached hydrogens (tertiary/aromatic N) is 3. The molecule has 0 aliphatic rings. The molecule has 1 heterocycles. The van der Waals surface area contributed by atoms with Crippen molar-refractivity contribution in [3.63, 3.8) is 0 Å². The molecule has 0 aliphatic heterocycles. The summed E-state index contributed by atoms with van der Waals surface area (Å²) in [6.07, 6.45) is 0.779. The molecule has 1 aromatic heterocycles. The number of carbonyl (C=O) groups is 2. The summed E-state index contributed by atoms with van der Waals surface area (Å²) in [5, 5.41) is 16.1. The molecular formula is C19H21ClN4O3. The van der Waals surface area contributed by atoms with Gasteiger partial charge in [-0.3, -0.25) is 9.48 Å². The zero-order valence-corrected chi connectivity index (χ0v) is 16.2. The Morgan fingerprint density at radius 1 is 1.41 bits per heavy atom. The van der Waals surface area contributed by atoms with Crippen LogP contribution in [0.4, 0.5) is 5.69 Å². The van der Waals surface area contributed by atoms with E-state index >= 15 is 0 Å². The Balaban J connectivity index is 2.08. The number of esters is 1. The fourth-order valence-electron chi connectivity index (χ4n) is 2.44. The van der Waals surface area contributed by atoms with Gasteiger partial charge < -0.3 is 10.1 Å². The molecule has 1 N–H and O–H groups in total. The van der Waals surface area contributed by atoms with E-state index in [2.05, 4.69) is 10.4 Å². The van der Waals surface area contributed by atoms with Crippen LogP contribution in [0.1, 0.15) is 48.3 Å². The van der Waals surface area contributed by atoms with Crippen LogP contribution in [0, 0.1) is 18.3 Å². The van der Waals surface area contributed by atoms with Crippen molar-refractivity contribution in [1.29, 1.82) is 5.26 Å². The van der Waals surface area contributed by atoms with Crippen LogP contribution in [0.2, 0.25) is 5.15 Å². The molecule has 0 unspecified atom stereocenters. The maximum Gasteiger partial charge on any atom is 0.343 e. The number of aromatic nitrogens is 2. The number of ether oxygens (including phenoxy) is 1. The molecule has 0 bridgehead atoms. The van der Waals surface area contributed by atoms with Gasteiger partial charge in [-0.25, -0.2) is 4.79 Å². The van der Waals surface area contributed by atoms with Crippen molar-refractivity contribution in [3.8, 4) is 6.07 Å². The van der Waals surface area contributed by atoms with Gasteiger partial charge in [-0.15, -0.1) is 0 Å². The van der Waals surface area contributed by atoms with Crippen LogP contribution >= 0.6 is 11.6 Å². The molecule has 0 spiro atoms. The van der Waals surface area contributed by atoms with Crippen molar-refractivity contribution < 1.29 is 14.3 Å². The minimum absolute atomic E-state index is 0.157. The van der Waals surface area contributed by atoms with Gasteiger partial charge in [0.15, 0.2) is 6.10 Å². The average Bonchev–Trinajstić information content (AvgIpc) is 2.93. The quantitative estimate of drug-likeness (QED) is 0.729. The zero-order valence-electron chi connectivity index (χ0n) is 15.5. The van der Waals surface area contributed by atoms with Gasteiger partial charge in [0.05, 0.1) is 16.9 Å². The van der Waals surface area contributed by atoms with Gasteiger partial charge in [0, 0.05) is 6.54 Å². The highest BCUT2D eigenvalue weighted by Gasteiger charge is 2.26. The van der Waals surface area contributed by atoms with E-state index in [1.54, 1.807) is 35.9 Å². The van der Waals surface area contributed by atoms with Crippen molar-refractivity contribution in [3.05, 3.63) is 46.2 Å². The molecule has 8 heteroatoms. The second-order valence-corrected chi connectivity index (χ2v) is 6.38. The van der Waals surface area contributed by atoms with Crippen molar-refractivity contribution in [2.24, 2.45) is 0 Å². The number of rotatable bonds is 7. The number of benzene rings is 1. The summed E-state index contributed by atoms with van der Waals surface area (Å²) in [5.74, 6) is -1.25. The van der Waals surface area contributed by atoms with Gasteiger partial charge in [-0.2, -0.15) is 10.4 Å². The van der Waals surface area contributed by atoms with E-state index < -0.39 is 18.0 Å². The van der Waals surface area contributed by atoms with Gasteiger partial charge in [-0.05, 0) is 32.4 Å². The molecule has 0 fully saturated rings. The van der Waals surface area contributed by atoms with Crippen molar-refractivity contribution >= 4 is 29.2 Å². The minimum atomic E-state index is -1.07. The van der Waals surface area contributed by atoms with Gasteiger partial charge >= 0.3 is 5.97 Å². The molecular weight excluding hydrogens is 368 g/mol. The minimum Gasteiger partial charge on any atom is -0.449 e. The number of para-hydroxylation sites is 1. The number of aryl methyl sites for hydroxylation is 2. The smallest absolute Gasteiger partial charge is 0.343 e. The molecule has 0 saturated carbocycles. The number of amides is 1. The van der Waals surface area contributed by atoms with E-state index in [4.69, 9.17) is 21.6 Å². The van der Waals surface area contributed by atoms with Gasteiger partial charge in [0.25, 0.3) is 5.91 Å². The monoisotopic (exact) mass is 388 g/mol. The summed E-state index contributed by atoms with van der Waals surface area (Å²) in [7, 11) is 0. The van der Waals surface area contributed by atoms with Gasteiger partial charge in [-0.1, -0.05) is 37.1 Å². The maximum absolute atomic E-state index is 12.5. The average molecular weight is 389 g/mol. The van der Waals surface area contributed by atoms with E-state index in [1.165, 1.54) is 6.92 Å². The summed E-state index contributed by atoms with van der Waals surface area (Å²) >= 11 is 6.26. The fourth-order valence-corrected chi connectivity index (χ4v) is 2.77. The predicted molar refractivity (Wildman–Crippen MR) is 102 cm³/mol. The Morgan fingerprint density at radius 3 is 2.78 bits per heavy atom. The number of hydrogen-bond acceptors (Lipinski definition) is 5. The molecule has 0 radical (unpaired) electrons. The lowest BCUT2D eigenvalue weighted by molar-refractivity contribution is -0.123. The number of hydrogen-bond donors (Lipinski definition) is 1. The van der Waals surface area contributed by atoms with E-state index in [-0.39, 0.29) is 10.7 Å². The Bertz CT molecular complexity index is 886. The SMILES string of the molecule is CCCCn1nc(C)c(C(=O)O[C@@H](C)C(=O)Nc2ccccc2C#N)c1Cl. The number of nitrogens with one attached hydrogen (secondary N) is 1. The van der Waals surface area contributed by atoms with Crippen molar-refractivity contribution in [2.75, 3.05) is 5.32 Å². The first-order valence-electron chi connectivity index (χ1n) is 8.62. The molecule has 7 nitrogen and oxygen atoms in total. The first-order chi connectivity index (χ1) is 12.9. The number of anilines is 1. The standard InChI is InChI=1S/C19H21ClN4O3/c1-4-5-10-24-17(20)16(12(2)23-24)19(26)27-13(3)18(25)22-15-9-7-6-8-14(15)11-21/h6-9,13H,4-5,10H2,1-3H3,(H,22,25)/t13-/m0/s1. The summed E-state index contributed by atoms with van der Waals surface area (Å²) in [6.45, 7) is 5.76. The third-order valence-corrected chi connectivity index (χ3v) is 4.34. The lowest BCUT2D eigenvalue weighted by atomic mass is 10.2. The molecule has 0 saturated heterocycles. The van der Waals surface area contributed by atoms with Crippen LogP contribution in [0.3, 0.4) is 0 Å². The Morgan fingerprint density at radius 2 is 2.11 bits per heavy atom. The largest absolute Gasteiger partial charge is 0.449 e. The molecule has 142 valence electrons. The van der Waals surface area contributed by atoms with Gasteiger partial charge in [0.2, 0.25) is 0 Å². The maximum atomic E-state index is 12.5. The van der Waals surface area contributed by atoms with Crippen LogP contribution in [0.15, 0.2) is 24.3 Å². The second kappa shape index (κ2) is 9.19. The van der Waals surface area contributed by atoms with E-state index in [0.717, 1.165) is 12.8 Å². The molecule has 1 aromatic carbocycles. The van der Waals surface area contributed by atoms with E-state index in [1.807, 2.05) is 13.0 Å². The molecule has 1 atom stereocenters. The normalized spacial score (nSPS) is 11.5. The lowest BCUT2D eigenvalue weighted by Gasteiger charge is -2.14. The van der Waals surface area contributed by atoms with E-state index in [0.29, 0.717) is 23.5 Å². The summed E-state index contributed by atoms with van der Waals surface area (Å²) in [6, 6.07) is 8.56.